The fourth-order valence-corrected chi connectivity index (χ4v) is 3.06. The topological polar surface area (TPSA) is 30.5 Å². The molecule has 1 saturated heterocycles. The molecule has 1 heterocycles. The number of aryl methyl sites for hydroxylation is 3. The van der Waals surface area contributed by atoms with E-state index in [2.05, 4.69) is 45.1 Å². The summed E-state index contributed by atoms with van der Waals surface area (Å²) in [5.41, 5.74) is 3.74. The van der Waals surface area contributed by atoms with Crippen molar-refractivity contribution in [1.29, 1.82) is 0 Å². The van der Waals surface area contributed by atoms with Crippen LogP contribution in [-0.2, 0) is 4.74 Å². The van der Waals surface area contributed by atoms with Gasteiger partial charge in [0, 0.05) is 18.6 Å². The van der Waals surface area contributed by atoms with Gasteiger partial charge in [0.2, 0.25) is 0 Å². The van der Waals surface area contributed by atoms with E-state index in [1.54, 1.807) is 0 Å². The Morgan fingerprint density at radius 2 is 2.00 bits per heavy atom. The lowest BCUT2D eigenvalue weighted by Crippen LogP contribution is -2.41. The lowest BCUT2D eigenvalue weighted by atomic mass is 9.99. The molecule has 3 heteroatoms. The number of ether oxygens (including phenoxy) is 2. The molecule has 0 bridgehead atoms. The van der Waals surface area contributed by atoms with Crippen molar-refractivity contribution in [3.8, 4) is 5.75 Å². The van der Waals surface area contributed by atoms with E-state index in [0.29, 0.717) is 18.6 Å². The Balaban J connectivity index is 2.01. The van der Waals surface area contributed by atoms with Crippen molar-refractivity contribution in [2.45, 2.75) is 40.2 Å². The molecule has 0 aromatic heterocycles. The number of hydrogen-bond acceptors (Lipinski definition) is 3. The molecule has 2 atom stereocenters. The zero-order valence-electron chi connectivity index (χ0n) is 13.2. The zero-order chi connectivity index (χ0) is 14.5. The molecular formula is C17H27NO2. The summed E-state index contributed by atoms with van der Waals surface area (Å²) >= 11 is 0. The lowest BCUT2D eigenvalue weighted by molar-refractivity contribution is 0.160. The van der Waals surface area contributed by atoms with Crippen molar-refractivity contribution < 1.29 is 9.47 Å². The Morgan fingerprint density at radius 3 is 2.55 bits per heavy atom. The van der Waals surface area contributed by atoms with Crippen molar-refractivity contribution in [3.05, 3.63) is 28.8 Å². The summed E-state index contributed by atoms with van der Waals surface area (Å²) in [5.74, 6) is 1.61. The number of likely N-dealkylation sites (N-methyl/N-ethyl adjacent to an activating group) is 1. The standard InChI is InChI=1S/C17H27NO2/c1-5-18-16(15-6-7-19-10-15)11-20-17-13(3)8-12(2)9-14(17)4/h8-9,15-16,18H,5-7,10-11H2,1-4H3. The molecule has 1 aromatic rings. The number of nitrogens with one attached hydrogen (secondary N) is 1. The van der Waals surface area contributed by atoms with E-state index in [1.807, 2.05) is 0 Å². The van der Waals surface area contributed by atoms with Crippen LogP contribution in [0.3, 0.4) is 0 Å². The normalized spacial score (nSPS) is 20.1. The van der Waals surface area contributed by atoms with Crippen LogP contribution in [0, 0.1) is 26.7 Å². The average Bonchev–Trinajstić information content (AvgIpc) is 2.89. The van der Waals surface area contributed by atoms with Crippen LogP contribution >= 0.6 is 0 Å². The first-order valence-electron chi connectivity index (χ1n) is 7.63. The summed E-state index contributed by atoms with van der Waals surface area (Å²) in [7, 11) is 0. The van der Waals surface area contributed by atoms with Gasteiger partial charge in [-0.3, -0.25) is 0 Å². The van der Waals surface area contributed by atoms with Gasteiger partial charge in [-0.25, -0.2) is 0 Å². The SMILES string of the molecule is CCNC(COc1c(C)cc(C)cc1C)C1CCOC1. The van der Waals surface area contributed by atoms with Gasteiger partial charge in [-0.1, -0.05) is 24.6 Å². The van der Waals surface area contributed by atoms with E-state index in [-0.39, 0.29) is 0 Å². The maximum Gasteiger partial charge on any atom is 0.125 e. The molecule has 2 unspecified atom stereocenters. The summed E-state index contributed by atoms with van der Waals surface area (Å²) in [4.78, 5) is 0. The van der Waals surface area contributed by atoms with Crippen molar-refractivity contribution in [2.24, 2.45) is 5.92 Å². The molecule has 1 aromatic carbocycles. The number of benzene rings is 1. The Labute approximate surface area is 122 Å². The van der Waals surface area contributed by atoms with Gasteiger partial charge < -0.3 is 14.8 Å². The molecule has 0 amide bonds. The van der Waals surface area contributed by atoms with Crippen LogP contribution in [0.2, 0.25) is 0 Å². The smallest absolute Gasteiger partial charge is 0.125 e. The predicted octanol–water partition coefficient (Wildman–Crippen LogP) is 3.01. The summed E-state index contributed by atoms with van der Waals surface area (Å²) in [6, 6.07) is 4.75. The van der Waals surface area contributed by atoms with Crippen LogP contribution in [0.4, 0.5) is 0 Å². The van der Waals surface area contributed by atoms with Gasteiger partial charge in [0.1, 0.15) is 12.4 Å². The maximum atomic E-state index is 6.13. The molecule has 1 aliphatic rings. The first-order valence-corrected chi connectivity index (χ1v) is 7.63. The maximum absolute atomic E-state index is 6.13. The first-order chi connectivity index (χ1) is 9.61. The largest absolute Gasteiger partial charge is 0.491 e. The van der Waals surface area contributed by atoms with Gasteiger partial charge in [-0.05, 0) is 44.9 Å². The van der Waals surface area contributed by atoms with Crippen LogP contribution in [-0.4, -0.2) is 32.4 Å². The minimum Gasteiger partial charge on any atom is -0.491 e. The molecule has 2 rings (SSSR count). The van der Waals surface area contributed by atoms with Crippen LogP contribution in [0.15, 0.2) is 12.1 Å². The summed E-state index contributed by atoms with van der Waals surface area (Å²) in [5, 5.41) is 3.54. The Morgan fingerprint density at radius 1 is 1.30 bits per heavy atom. The van der Waals surface area contributed by atoms with Gasteiger partial charge in [-0.2, -0.15) is 0 Å². The highest BCUT2D eigenvalue weighted by Crippen LogP contribution is 2.25. The third-order valence-electron chi connectivity index (χ3n) is 4.01. The Bertz CT molecular complexity index is 416. The summed E-state index contributed by atoms with van der Waals surface area (Å²) in [6.07, 6.45) is 1.13. The van der Waals surface area contributed by atoms with Crippen LogP contribution in [0.25, 0.3) is 0 Å². The van der Waals surface area contributed by atoms with E-state index >= 15 is 0 Å². The molecule has 1 N–H and O–H groups in total. The fourth-order valence-electron chi connectivity index (χ4n) is 3.06. The molecule has 0 saturated carbocycles. The van der Waals surface area contributed by atoms with Crippen molar-refractivity contribution in [3.63, 3.8) is 0 Å². The van der Waals surface area contributed by atoms with Gasteiger partial charge >= 0.3 is 0 Å². The quantitative estimate of drug-likeness (QED) is 0.867. The molecule has 0 aliphatic carbocycles. The second kappa shape index (κ2) is 7.09. The zero-order valence-corrected chi connectivity index (χ0v) is 13.2. The molecule has 1 aliphatic heterocycles. The molecular weight excluding hydrogens is 250 g/mol. The van der Waals surface area contributed by atoms with Crippen molar-refractivity contribution in [2.75, 3.05) is 26.4 Å². The molecule has 0 spiro atoms. The molecule has 1 fully saturated rings. The highest BCUT2D eigenvalue weighted by atomic mass is 16.5. The molecule has 3 nitrogen and oxygen atoms in total. The second-order valence-corrected chi connectivity index (χ2v) is 5.83. The monoisotopic (exact) mass is 277 g/mol. The van der Waals surface area contributed by atoms with Gasteiger partial charge in [-0.15, -0.1) is 0 Å². The van der Waals surface area contributed by atoms with E-state index < -0.39 is 0 Å². The predicted molar refractivity (Wildman–Crippen MR) is 82.5 cm³/mol. The Hall–Kier alpha value is -1.06. The van der Waals surface area contributed by atoms with Gasteiger partial charge in [0.05, 0.1) is 6.61 Å². The van der Waals surface area contributed by atoms with Gasteiger partial charge in [0.15, 0.2) is 0 Å². The molecule has 20 heavy (non-hydrogen) atoms. The minimum absolute atomic E-state index is 0.377. The number of rotatable bonds is 6. The van der Waals surface area contributed by atoms with E-state index in [4.69, 9.17) is 9.47 Å². The van der Waals surface area contributed by atoms with Crippen LogP contribution < -0.4 is 10.1 Å². The third-order valence-corrected chi connectivity index (χ3v) is 4.01. The van der Waals surface area contributed by atoms with Crippen molar-refractivity contribution >= 4 is 0 Å². The minimum atomic E-state index is 0.377. The highest BCUT2D eigenvalue weighted by molar-refractivity contribution is 5.42. The second-order valence-electron chi connectivity index (χ2n) is 5.83. The highest BCUT2D eigenvalue weighted by Gasteiger charge is 2.25. The fraction of sp³-hybridized carbons (Fsp3) is 0.647. The lowest BCUT2D eigenvalue weighted by Gasteiger charge is -2.24. The third kappa shape index (κ3) is 3.74. The summed E-state index contributed by atoms with van der Waals surface area (Å²) < 4.78 is 11.6. The van der Waals surface area contributed by atoms with E-state index in [9.17, 15) is 0 Å². The first kappa shape index (κ1) is 15.3. The van der Waals surface area contributed by atoms with Crippen LogP contribution in [0.1, 0.15) is 30.0 Å². The van der Waals surface area contributed by atoms with E-state index in [0.717, 1.165) is 31.9 Å². The number of hydrogen-bond donors (Lipinski definition) is 1. The van der Waals surface area contributed by atoms with E-state index in [1.165, 1.54) is 16.7 Å². The average molecular weight is 277 g/mol. The van der Waals surface area contributed by atoms with Crippen LogP contribution in [0.5, 0.6) is 5.75 Å². The summed E-state index contributed by atoms with van der Waals surface area (Å²) in [6.45, 7) is 11.9. The van der Waals surface area contributed by atoms with Gasteiger partial charge in [0.25, 0.3) is 0 Å². The molecule has 112 valence electrons. The Kier molecular flexibility index (Phi) is 5.44. The van der Waals surface area contributed by atoms with Crippen molar-refractivity contribution in [1.82, 2.24) is 5.32 Å². The molecule has 0 radical (unpaired) electrons.